The second-order valence-corrected chi connectivity index (χ2v) is 4.81. The Hall–Kier alpha value is -1.81. The third-order valence-electron chi connectivity index (χ3n) is 3.29. The maximum Gasteiger partial charge on any atom is 0.149 e. The molecular formula is C15H14F2N2. The third kappa shape index (κ3) is 2.79. The zero-order valence-corrected chi connectivity index (χ0v) is 10.4. The van der Waals surface area contributed by atoms with Crippen molar-refractivity contribution in [2.45, 2.75) is 25.4 Å². The van der Waals surface area contributed by atoms with Crippen LogP contribution in [0, 0.1) is 11.6 Å². The van der Waals surface area contributed by atoms with Crippen LogP contribution in [0.3, 0.4) is 0 Å². The fourth-order valence-corrected chi connectivity index (χ4v) is 2.11. The summed E-state index contributed by atoms with van der Waals surface area (Å²) in [4.78, 5) is 3.74. The number of aromatic nitrogens is 1. The molecule has 98 valence electrons. The molecule has 1 aliphatic rings. The highest BCUT2D eigenvalue weighted by atomic mass is 19.1. The van der Waals surface area contributed by atoms with Crippen molar-refractivity contribution in [3.05, 3.63) is 53.9 Å². The van der Waals surface area contributed by atoms with Crippen molar-refractivity contribution in [2.24, 2.45) is 0 Å². The van der Waals surface area contributed by atoms with E-state index in [1.54, 1.807) is 18.3 Å². The van der Waals surface area contributed by atoms with Crippen LogP contribution in [-0.2, 0) is 6.54 Å². The van der Waals surface area contributed by atoms with Crippen LogP contribution in [0.2, 0.25) is 0 Å². The van der Waals surface area contributed by atoms with E-state index in [1.807, 2.05) is 0 Å². The summed E-state index contributed by atoms with van der Waals surface area (Å²) in [6.07, 6.45) is 5.04. The van der Waals surface area contributed by atoms with Gasteiger partial charge in [-0.2, -0.15) is 0 Å². The maximum absolute atomic E-state index is 13.8. The molecule has 0 bridgehead atoms. The molecule has 0 amide bonds. The monoisotopic (exact) mass is 260 g/mol. The SMILES string of the molecule is Fc1ccc(-c2ccncc2F)c(CNC2CC2)c1. The minimum Gasteiger partial charge on any atom is -0.310 e. The quantitative estimate of drug-likeness (QED) is 0.912. The first-order valence-electron chi connectivity index (χ1n) is 6.36. The number of hydrogen-bond donors (Lipinski definition) is 1. The fourth-order valence-electron chi connectivity index (χ4n) is 2.11. The van der Waals surface area contributed by atoms with E-state index in [2.05, 4.69) is 10.3 Å². The fraction of sp³-hybridized carbons (Fsp3) is 0.267. The molecule has 2 nitrogen and oxygen atoms in total. The number of rotatable bonds is 4. The van der Waals surface area contributed by atoms with E-state index in [4.69, 9.17) is 0 Å². The summed E-state index contributed by atoms with van der Waals surface area (Å²) >= 11 is 0. The molecule has 0 spiro atoms. The van der Waals surface area contributed by atoms with Crippen molar-refractivity contribution >= 4 is 0 Å². The average molecular weight is 260 g/mol. The molecule has 4 heteroatoms. The summed E-state index contributed by atoms with van der Waals surface area (Å²) in [5.74, 6) is -0.687. The number of nitrogens with zero attached hydrogens (tertiary/aromatic N) is 1. The molecule has 1 aromatic carbocycles. The molecule has 0 atom stereocenters. The van der Waals surface area contributed by atoms with Crippen molar-refractivity contribution in [2.75, 3.05) is 0 Å². The predicted molar refractivity (Wildman–Crippen MR) is 69.5 cm³/mol. The smallest absolute Gasteiger partial charge is 0.149 e. The van der Waals surface area contributed by atoms with Crippen LogP contribution in [-0.4, -0.2) is 11.0 Å². The minimum absolute atomic E-state index is 0.300. The number of halogens is 2. The van der Waals surface area contributed by atoms with Gasteiger partial charge in [-0.25, -0.2) is 8.78 Å². The number of benzene rings is 1. The van der Waals surface area contributed by atoms with Crippen LogP contribution in [0.1, 0.15) is 18.4 Å². The Kier molecular flexibility index (Phi) is 3.25. The summed E-state index contributed by atoms with van der Waals surface area (Å²) < 4.78 is 27.2. The Bertz CT molecular complexity index is 594. The van der Waals surface area contributed by atoms with Gasteiger partial charge in [0.25, 0.3) is 0 Å². The highest BCUT2D eigenvalue weighted by Gasteiger charge is 2.21. The van der Waals surface area contributed by atoms with E-state index < -0.39 is 0 Å². The lowest BCUT2D eigenvalue weighted by Gasteiger charge is -2.11. The molecule has 1 fully saturated rings. The zero-order valence-electron chi connectivity index (χ0n) is 10.4. The molecule has 1 saturated carbocycles. The van der Waals surface area contributed by atoms with Gasteiger partial charge in [-0.05, 0) is 42.2 Å². The lowest BCUT2D eigenvalue weighted by molar-refractivity contribution is 0.616. The van der Waals surface area contributed by atoms with Gasteiger partial charge >= 0.3 is 0 Å². The van der Waals surface area contributed by atoms with E-state index >= 15 is 0 Å². The highest BCUT2D eigenvalue weighted by molar-refractivity contribution is 5.67. The maximum atomic E-state index is 13.8. The number of hydrogen-bond acceptors (Lipinski definition) is 2. The Morgan fingerprint density at radius 2 is 2.00 bits per heavy atom. The molecule has 2 aromatic rings. The van der Waals surface area contributed by atoms with Crippen molar-refractivity contribution in [3.8, 4) is 11.1 Å². The van der Waals surface area contributed by atoms with Gasteiger partial charge < -0.3 is 5.32 Å². The van der Waals surface area contributed by atoms with E-state index in [1.165, 1.54) is 18.3 Å². The number of pyridine rings is 1. The van der Waals surface area contributed by atoms with E-state index in [-0.39, 0.29) is 11.6 Å². The number of nitrogens with one attached hydrogen (secondary N) is 1. The summed E-state index contributed by atoms with van der Waals surface area (Å²) in [5.41, 5.74) is 1.95. The van der Waals surface area contributed by atoms with Crippen molar-refractivity contribution in [3.63, 3.8) is 0 Å². The molecule has 1 N–H and O–H groups in total. The molecule has 3 rings (SSSR count). The molecule has 1 aliphatic carbocycles. The molecule has 1 heterocycles. The summed E-state index contributed by atoms with van der Waals surface area (Å²) in [6, 6.07) is 6.58. The highest BCUT2D eigenvalue weighted by Crippen LogP contribution is 2.27. The largest absolute Gasteiger partial charge is 0.310 e. The topological polar surface area (TPSA) is 24.9 Å². The third-order valence-corrected chi connectivity index (χ3v) is 3.29. The van der Waals surface area contributed by atoms with Crippen LogP contribution < -0.4 is 5.32 Å². The Morgan fingerprint density at radius 3 is 2.74 bits per heavy atom. The van der Waals surface area contributed by atoms with Gasteiger partial charge in [-0.15, -0.1) is 0 Å². The van der Waals surface area contributed by atoms with E-state index in [0.717, 1.165) is 24.0 Å². The van der Waals surface area contributed by atoms with Crippen molar-refractivity contribution in [1.29, 1.82) is 0 Å². The van der Waals surface area contributed by atoms with Gasteiger partial charge in [0.1, 0.15) is 11.6 Å². The second-order valence-electron chi connectivity index (χ2n) is 4.81. The first kappa shape index (κ1) is 12.2. The molecule has 19 heavy (non-hydrogen) atoms. The first-order valence-corrected chi connectivity index (χ1v) is 6.36. The summed E-state index contributed by atoms with van der Waals surface area (Å²) in [5, 5.41) is 3.32. The van der Waals surface area contributed by atoms with Crippen molar-refractivity contribution < 1.29 is 8.78 Å². The second kappa shape index (κ2) is 5.05. The van der Waals surface area contributed by atoms with Crippen LogP contribution in [0.25, 0.3) is 11.1 Å². The summed E-state index contributed by atoms with van der Waals surface area (Å²) in [7, 11) is 0. The summed E-state index contributed by atoms with van der Waals surface area (Å²) in [6.45, 7) is 0.555. The van der Waals surface area contributed by atoms with Gasteiger partial charge in [0.15, 0.2) is 0 Å². The molecule has 0 saturated heterocycles. The Morgan fingerprint density at radius 1 is 1.16 bits per heavy atom. The molecule has 0 aliphatic heterocycles. The predicted octanol–water partition coefficient (Wildman–Crippen LogP) is 3.28. The van der Waals surface area contributed by atoms with Crippen molar-refractivity contribution in [1.82, 2.24) is 10.3 Å². The first-order chi connectivity index (χ1) is 9.24. The standard InChI is InChI=1S/C15H14F2N2/c16-11-1-4-13(14-5-6-18-9-15(14)17)10(7-11)8-19-12-2-3-12/h1,4-7,9,12,19H,2-3,8H2. The molecule has 1 aromatic heterocycles. The average Bonchev–Trinajstić information content (AvgIpc) is 3.22. The lowest BCUT2D eigenvalue weighted by atomic mass is 10.00. The zero-order chi connectivity index (χ0) is 13.2. The van der Waals surface area contributed by atoms with E-state index in [0.29, 0.717) is 18.2 Å². The van der Waals surface area contributed by atoms with Gasteiger partial charge in [-0.3, -0.25) is 4.98 Å². The van der Waals surface area contributed by atoms with Crippen LogP contribution in [0.4, 0.5) is 8.78 Å². The normalized spacial score (nSPS) is 14.6. The Labute approximate surface area is 110 Å². The van der Waals surface area contributed by atoms with E-state index in [9.17, 15) is 8.78 Å². The molecule has 0 unspecified atom stereocenters. The Balaban J connectivity index is 1.96. The van der Waals surface area contributed by atoms with Crippen LogP contribution in [0.5, 0.6) is 0 Å². The van der Waals surface area contributed by atoms with Crippen LogP contribution in [0.15, 0.2) is 36.7 Å². The molecular weight excluding hydrogens is 246 g/mol. The minimum atomic E-state index is -0.387. The molecule has 0 radical (unpaired) electrons. The lowest BCUT2D eigenvalue weighted by Crippen LogP contribution is -2.16. The van der Waals surface area contributed by atoms with Gasteiger partial charge in [0.2, 0.25) is 0 Å². The van der Waals surface area contributed by atoms with Gasteiger partial charge in [0.05, 0.1) is 6.20 Å². The van der Waals surface area contributed by atoms with Gasteiger partial charge in [-0.1, -0.05) is 6.07 Å². The van der Waals surface area contributed by atoms with Crippen LogP contribution >= 0.6 is 0 Å². The van der Waals surface area contributed by atoms with Gasteiger partial charge in [0, 0.05) is 24.3 Å².